The molecule has 2 saturated heterocycles. The summed E-state index contributed by atoms with van der Waals surface area (Å²) >= 11 is 0. The first-order valence-electron chi connectivity index (χ1n) is 8.69. The number of amides is 1. The number of ether oxygens (including phenoxy) is 1. The van der Waals surface area contributed by atoms with Gasteiger partial charge in [0.1, 0.15) is 18.2 Å². The molecule has 4 rings (SSSR count). The largest absolute Gasteiger partial charge is 0.375 e. The first kappa shape index (κ1) is 21.6. The van der Waals surface area contributed by atoms with E-state index in [1.165, 1.54) is 6.33 Å². The molecule has 0 aromatic carbocycles. The zero-order valence-electron chi connectivity index (χ0n) is 15.4. The average Bonchev–Trinajstić information content (AvgIpc) is 3.09. The van der Waals surface area contributed by atoms with E-state index < -0.39 is 0 Å². The molecule has 11 heteroatoms. The number of aryl methyl sites for hydroxylation is 1. The predicted octanol–water partition coefficient (Wildman–Crippen LogP) is 0.302. The van der Waals surface area contributed by atoms with Crippen LogP contribution in [0.25, 0.3) is 5.78 Å². The molecule has 4 heterocycles. The van der Waals surface area contributed by atoms with Crippen molar-refractivity contribution < 1.29 is 9.53 Å². The van der Waals surface area contributed by atoms with Gasteiger partial charge in [0.2, 0.25) is 5.91 Å². The summed E-state index contributed by atoms with van der Waals surface area (Å²) < 4.78 is 7.35. The van der Waals surface area contributed by atoms with Crippen molar-refractivity contribution >= 4 is 42.3 Å². The first-order chi connectivity index (χ1) is 12.1. The number of halogens is 2. The summed E-state index contributed by atoms with van der Waals surface area (Å²) in [6.07, 6.45) is 1.43. The number of hydrogen-bond acceptors (Lipinski definition) is 7. The van der Waals surface area contributed by atoms with Gasteiger partial charge in [0.25, 0.3) is 5.78 Å². The van der Waals surface area contributed by atoms with Crippen molar-refractivity contribution in [1.29, 1.82) is 0 Å². The van der Waals surface area contributed by atoms with Gasteiger partial charge >= 0.3 is 0 Å². The second-order valence-corrected chi connectivity index (χ2v) is 6.55. The molecule has 27 heavy (non-hydrogen) atoms. The van der Waals surface area contributed by atoms with Crippen LogP contribution in [-0.4, -0.2) is 81.9 Å². The highest BCUT2D eigenvalue weighted by atomic mass is 35.5. The van der Waals surface area contributed by atoms with Crippen LogP contribution in [0.2, 0.25) is 0 Å². The van der Waals surface area contributed by atoms with E-state index in [0.717, 1.165) is 31.1 Å². The van der Waals surface area contributed by atoms with Crippen molar-refractivity contribution in [2.24, 2.45) is 0 Å². The number of aromatic nitrogens is 4. The van der Waals surface area contributed by atoms with Crippen LogP contribution in [0.5, 0.6) is 0 Å². The number of carbonyl (C=O) groups is 1. The van der Waals surface area contributed by atoms with Crippen LogP contribution in [0.15, 0.2) is 12.4 Å². The fraction of sp³-hybridized carbons (Fsp3) is 0.625. The van der Waals surface area contributed by atoms with Crippen molar-refractivity contribution in [3.8, 4) is 0 Å². The van der Waals surface area contributed by atoms with E-state index in [2.05, 4.69) is 25.3 Å². The molecule has 2 aliphatic heterocycles. The van der Waals surface area contributed by atoms with Gasteiger partial charge in [0.05, 0.1) is 12.7 Å². The monoisotopic (exact) mass is 417 g/mol. The first-order valence-corrected chi connectivity index (χ1v) is 8.69. The molecule has 0 spiro atoms. The molecule has 2 atom stereocenters. The molecule has 0 unspecified atom stereocenters. The number of rotatable bonds is 2. The third-order valence-electron chi connectivity index (χ3n) is 4.86. The number of nitrogens with zero attached hydrogens (tertiary/aromatic N) is 6. The average molecular weight is 418 g/mol. The maximum atomic E-state index is 12.8. The lowest BCUT2D eigenvalue weighted by atomic mass is 10.1. The molecule has 1 amide bonds. The third-order valence-corrected chi connectivity index (χ3v) is 4.86. The summed E-state index contributed by atoms with van der Waals surface area (Å²) in [6, 6.07) is 1.77. The van der Waals surface area contributed by atoms with Crippen molar-refractivity contribution in [1.82, 2.24) is 29.8 Å². The van der Waals surface area contributed by atoms with E-state index >= 15 is 0 Å². The van der Waals surface area contributed by atoms with Gasteiger partial charge in [-0.2, -0.15) is 14.6 Å². The number of nitrogens with one attached hydrogen (secondary N) is 1. The summed E-state index contributed by atoms with van der Waals surface area (Å²) in [5.74, 6) is 1.70. The Morgan fingerprint density at radius 3 is 2.70 bits per heavy atom. The second-order valence-electron chi connectivity index (χ2n) is 6.55. The Kier molecular flexibility index (Phi) is 7.21. The fourth-order valence-electron chi connectivity index (χ4n) is 3.50. The van der Waals surface area contributed by atoms with E-state index in [9.17, 15) is 4.79 Å². The fourth-order valence-corrected chi connectivity index (χ4v) is 3.50. The molecule has 0 aliphatic carbocycles. The molecule has 0 saturated carbocycles. The Morgan fingerprint density at radius 2 is 2.00 bits per heavy atom. The van der Waals surface area contributed by atoms with Gasteiger partial charge < -0.3 is 19.9 Å². The Morgan fingerprint density at radius 1 is 1.26 bits per heavy atom. The lowest BCUT2D eigenvalue weighted by molar-refractivity contribution is -0.139. The number of morpholine rings is 1. The third kappa shape index (κ3) is 4.26. The van der Waals surface area contributed by atoms with Gasteiger partial charge in [-0.3, -0.25) is 4.79 Å². The lowest BCUT2D eigenvalue weighted by Gasteiger charge is -2.39. The van der Waals surface area contributed by atoms with Crippen LogP contribution in [0.4, 0.5) is 5.82 Å². The van der Waals surface area contributed by atoms with E-state index in [1.807, 2.05) is 24.8 Å². The maximum absolute atomic E-state index is 12.8. The summed E-state index contributed by atoms with van der Waals surface area (Å²) in [4.78, 5) is 25.5. The molecule has 1 N–H and O–H groups in total. The highest BCUT2D eigenvalue weighted by Gasteiger charge is 2.33. The minimum Gasteiger partial charge on any atom is -0.375 e. The zero-order chi connectivity index (χ0) is 17.4. The molecule has 2 aromatic rings. The Bertz CT molecular complexity index is 779. The molecule has 150 valence electrons. The van der Waals surface area contributed by atoms with Crippen molar-refractivity contribution in [2.75, 3.05) is 44.2 Å². The van der Waals surface area contributed by atoms with E-state index in [-0.39, 0.29) is 42.9 Å². The molecule has 0 bridgehead atoms. The molecule has 2 fully saturated rings. The van der Waals surface area contributed by atoms with Crippen LogP contribution >= 0.6 is 24.8 Å². The maximum Gasteiger partial charge on any atom is 0.254 e. The molecule has 2 aromatic heterocycles. The second kappa shape index (κ2) is 9.01. The van der Waals surface area contributed by atoms with Gasteiger partial charge in [-0.1, -0.05) is 0 Å². The number of carbonyl (C=O) groups excluding carboxylic acids is 1. The molecule has 0 radical (unpaired) electrons. The van der Waals surface area contributed by atoms with Crippen molar-refractivity contribution in [3.63, 3.8) is 0 Å². The van der Waals surface area contributed by atoms with Gasteiger partial charge in [-0.15, -0.1) is 24.8 Å². The topological polar surface area (TPSA) is 87.9 Å². The summed E-state index contributed by atoms with van der Waals surface area (Å²) in [6.45, 7) is 8.16. The minimum atomic E-state index is -0.245. The Hall–Kier alpha value is -1.68. The summed E-state index contributed by atoms with van der Waals surface area (Å²) in [5, 5.41) is 7.54. The SMILES string of the molecule is Cc1cc(N2CCN(C(=O)[C@H]3NCCO[C@@H]3C)CC2)n2ncnc2n1.Cl.Cl. The van der Waals surface area contributed by atoms with Crippen molar-refractivity contribution in [2.45, 2.75) is 26.0 Å². The minimum absolute atomic E-state index is 0. The standard InChI is InChI=1S/C16H23N7O2.2ClH/c1-11-9-13(23-16(20-11)18-10-19-23)21-4-6-22(7-5-21)15(24)14-12(2)25-8-3-17-14;;/h9-10,12,14,17H,3-8H2,1-2H3;2*1H/t12-,14+;;/m1../s1. The molecular formula is C16H25Cl2N7O2. The van der Waals surface area contributed by atoms with Crippen molar-refractivity contribution in [3.05, 3.63) is 18.1 Å². The van der Waals surface area contributed by atoms with E-state index in [1.54, 1.807) is 4.52 Å². The van der Waals surface area contributed by atoms with Gasteiger partial charge in [0, 0.05) is 44.5 Å². The smallest absolute Gasteiger partial charge is 0.254 e. The quantitative estimate of drug-likeness (QED) is 0.751. The zero-order valence-corrected chi connectivity index (χ0v) is 17.0. The number of piperazine rings is 1. The molecule has 9 nitrogen and oxygen atoms in total. The molecule has 2 aliphatic rings. The number of anilines is 1. The van der Waals surface area contributed by atoms with E-state index in [0.29, 0.717) is 25.5 Å². The number of fused-ring (bicyclic) bond motifs is 1. The van der Waals surface area contributed by atoms with Gasteiger partial charge in [0.15, 0.2) is 0 Å². The highest BCUT2D eigenvalue weighted by molar-refractivity contribution is 5.85. The van der Waals surface area contributed by atoms with Crippen LogP contribution < -0.4 is 10.2 Å². The van der Waals surface area contributed by atoms with Gasteiger partial charge in [-0.05, 0) is 13.8 Å². The predicted molar refractivity (Wildman–Crippen MR) is 106 cm³/mol. The normalized spacial score (nSPS) is 22.9. The Labute approximate surface area is 170 Å². The summed E-state index contributed by atoms with van der Waals surface area (Å²) in [5.41, 5.74) is 0.909. The Balaban J connectivity index is 0.00000131. The van der Waals surface area contributed by atoms with E-state index in [4.69, 9.17) is 4.74 Å². The van der Waals surface area contributed by atoms with Crippen LogP contribution in [0, 0.1) is 6.92 Å². The highest BCUT2D eigenvalue weighted by Crippen LogP contribution is 2.18. The van der Waals surface area contributed by atoms with Crippen LogP contribution in [0.3, 0.4) is 0 Å². The van der Waals surface area contributed by atoms with Crippen LogP contribution in [0.1, 0.15) is 12.6 Å². The lowest BCUT2D eigenvalue weighted by Crippen LogP contribution is -2.59. The summed E-state index contributed by atoms with van der Waals surface area (Å²) in [7, 11) is 0. The number of hydrogen-bond donors (Lipinski definition) is 1. The molecular weight excluding hydrogens is 393 g/mol. The van der Waals surface area contributed by atoms with Crippen LogP contribution in [-0.2, 0) is 9.53 Å². The van der Waals surface area contributed by atoms with Gasteiger partial charge in [-0.25, -0.2) is 4.98 Å².